The minimum Gasteiger partial charge on any atom is -0.359 e. The molecule has 0 saturated heterocycles. The van der Waals surface area contributed by atoms with Gasteiger partial charge < -0.3 is 11.1 Å². The highest BCUT2D eigenvalue weighted by Gasteiger charge is 1.95. The van der Waals surface area contributed by atoms with E-state index in [9.17, 15) is 4.79 Å². The highest BCUT2D eigenvalue weighted by Crippen LogP contribution is 2.15. The quantitative estimate of drug-likeness (QED) is 0.736. The molecule has 1 saturated carbocycles. The maximum absolute atomic E-state index is 10.4. The molecule has 0 aliphatic heterocycles. The van der Waals surface area contributed by atoms with Crippen LogP contribution in [0, 0.1) is 0 Å². The first-order chi connectivity index (χ1) is 6.81. The van der Waals surface area contributed by atoms with Gasteiger partial charge in [0.1, 0.15) is 0 Å². The summed E-state index contributed by atoms with van der Waals surface area (Å²) in [4.78, 5) is 10.4. The summed E-state index contributed by atoms with van der Waals surface area (Å²) in [5.74, 6) is 0.0652. The second kappa shape index (κ2) is 10.5. The Morgan fingerprint density at radius 3 is 1.93 bits per heavy atom. The summed E-state index contributed by atoms with van der Waals surface area (Å²) in [5.41, 5.74) is 5.15. The molecule has 14 heavy (non-hydrogen) atoms. The Morgan fingerprint density at radius 2 is 1.64 bits per heavy atom. The van der Waals surface area contributed by atoms with E-state index in [4.69, 9.17) is 5.73 Å². The standard InChI is InChI=1S/C6H12.C5H12N2O.H2/c1-2-4-6-5-3-1;1-7-5(8)3-2-4-6;/h1-6H2;2-4,6H2,1H3,(H,7,8);1H. The van der Waals surface area contributed by atoms with E-state index in [0.717, 1.165) is 6.42 Å². The van der Waals surface area contributed by atoms with Gasteiger partial charge in [-0.05, 0) is 13.0 Å². The number of amides is 1. The summed E-state index contributed by atoms with van der Waals surface area (Å²) in [6, 6.07) is 0. The largest absolute Gasteiger partial charge is 0.359 e. The fourth-order valence-electron chi connectivity index (χ4n) is 1.45. The first kappa shape index (κ1) is 13.4. The van der Waals surface area contributed by atoms with Crippen LogP contribution in [0.15, 0.2) is 0 Å². The number of hydrogen-bond donors (Lipinski definition) is 2. The molecule has 0 aromatic heterocycles. The van der Waals surface area contributed by atoms with Crippen molar-refractivity contribution in [3.63, 3.8) is 0 Å². The minimum atomic E-state index is 0. The van der Waals surface area contributed by atoms with Gasteiger partial charge in [-0.3, -0.25) is 4.79 Å². The van der Waals surface area contributed by atoms with Gasteiger partial charge in [0.15, 0.2) is 0 Å². The van der Waals surface area contributed by atoms with E-state index in [1.54, 1.807) is 7.05 Å². The lowest BCUT2D eigenvalue weighted by Gasteiger charge is -2.05. The number of nitrogens with one attached hydrogen (secondary N) is 1. The molecule has 1 rings (SSSR count). The molecule has 0 bridgehead atoms. The van der Waals surface area contributed by atoms with Crippen LogP contribution in [0.3, 0.4) is 0 Å². The Morgan fingerprint density at radius 1 is 1.21 bits per heavy atom. The summed E-state index contributed by atoms with van der Waals surface area (Å²) in [5, 5.41) is 2.51. The molecule has 3 heteroatoms. The Balaban J connectivity index is 0. The van der Waals surface area contributed by atoms with Crippen molar-refractivity contribution in [2.75, 3.05) is 13.6 Å². The topological polar surface area (TPSA) is 55.1 Å². The van der Waals surface area contributed by atoms with Crippen molar-refractivity contribution in [2.24, 2.45) is 5.73 Å². The monoisotopic (exact) mass is 202 g/mol. The van der Waals surface area contributed by atoms with Crippen molar-refractivity contribution >= 4 is 5.91 Å². The zero-order valence-corrected chi connectivity index (χ0v) is 9.35. The van der Waals surface area contributed by atoms with Crippen LogP contribution in [0.5, 0.6) is 0 Å². The summed E-state index contributed by atoms with van der Waals surface area (Å²) in [6.45, 7) is 0.591. The lowest BCUT2D eigenvalue weighted by molar-refractivity contribution is -0.120. The Bertz CT molecular complexity index is 127. The molecule has 1 aliphatic rings. The summed E-state index contributed by atoms with van der Waals surface area (Å²) >= 11 is 0. The number of nitrogens with two attached hydrogens (primary N) is 1. The van der Waals surface area contributed by atoms with Gasteiger partial charge in [0.05, 0.1) is 0 Å². The van der Waals surface area contributed by atoms with Gasteiger partial charge in [0.25, 0.3) is 0 Å². The third kappa shape index (κ3) is 9.52. The zero-order valence-electron chi connectivity index (χ0n) is 9.35. The fourth-order valence-corrected chi connectivity index (χ4v) is 1.45. The van der Waals surface area contributed by atoms with Crippen LogP contribution in [0.4, 0.5) is 0 Å². The maximum atomic E-state index is 10.4. The van der Waals surface area contributed by atoms with Gasteiger partial charge in [0, 0.05) is 14.9 Å². The van der Waals surface area contributed by atoms with Crippen LogP contribution < -0.4 is 11.1 Å². The van der Waals surface area contributed by atoms with E-state index in [2.05, 4.69) is 5.32 Å². The molecule has 0 spiro atoms. The van der Waals surface area contributed by atoms with Crippen LogP contribution >= 0.6 is 0 Å². The Labute approximate surface area is 88.9 Å². The molecule has 86 valence electrons. The molecule has 0 atom stereocenters. The van der Waals surface area contributed by atoms with Gasteiger partial charge in [-0.25, -0.2) is 0 Å². The lowest BCUT2D eigenvalue weighted by atomic mass is 10.0. The molecule has 0 unspecified atom stereocenters. The summed E-state index contributed by atoms with van der Waals surface area (Å²) in [6.07, 6.45) is 10.3. The fraction of sp³-hybridized carbons (Fsp3) is 0.909. The predicted molar refractivity (Wildman–Crippen MR) is 62.2 cm³/mol. The lowest BCUT2D eigenvalue weighted by Crippen LogP contribution is -2.18. The summed E-state index contributed by atoms with van der Waals surface area (Å²) in [7, 11) is 1.62. The van der Waals surface area contributed by atoms with E-state index in [-0.39, 0.29) is 7.33 Å². The molecule has 1 amide bonds. The molecule has 1 aliphatic carbocycles. The van der Waals surface area contributed by atoms with Crippen LogP contribution in [-0.2, 0) is 4.79 Å². The SMILES string of the molecule is C1CCCCC1.CNC(=O)CCCN.[HH]. The van der Waals surface area contributed by atoms with Gasteiger partial charge >= 0.3 is 0 Å². The normalized spacial score (nSPS) is 15.3. The van der Waals surface area contributed by atoms with Gasteiger partial charge in [-0.1, -0.05) is 38.5 Å². The number of rotatable bonds is 3. The average molecular weight is 202 g/mol. The van der Waals surface area contributed by atoms with Crippen molar-refractivity contribution in [3.8, 4) is 0 Å². The van der Waals surface area contributed by atoms with E-state index >= 15 is 0 Å². The van der Waals surface area contributed by atoms with Gasteiger partial charge in [0.2, 0.25) is 5.91 Å². The number of carbonyl (C=O) groups excluding carboxylic acids is 1. The minimum absolute atomic E-state index is 0. The van der Waals surface area contributed by atoms with E-state index in [1.165, 1.54) is 38.5 Å². The molecular weight excluding hydrogens is 176 g/mol. The van der Waals surface area contributed by atoms with Gasteiger partial charge in [-0.15, -0.1) is 0 Å². The van der Waals surface area contributed by atoms with Crippen molar-refractivity contribution in [3.05, 3.63) is 0 Å². The third-order valence-corrected chi connectivity index (χ3v) is 2.39. The van der Waals surface area contributed by atoms with E-state index in [1.807, 2.05) is 0 Å². The first-order valence-corrected chi connectivity index (χ1v) is 5.72. The number of hydrogen-bond acceptors (Lipinski definition) is 2. The molecule has 0 radical (unpaired) electrons. The van der Waals surface area contributed by atoms with Crippen LogP contribution in [-0.4, -0.2) is 19.5 Å². The average Bonchev–Trinajstić information content (AvgIpc) is 2.29. The van der Waals surface area contributed by atoms with Crippen molar-refractivity contribution in [1.29, 1.82) is 0 Å². The number of carbonyl (C=O) groups is 1. The van der Waals surface area contributed by atoms with E-state index < -0.39 is 0 Å². The van der Waals surface area contributed by atoms with Crippen molar-refractivity contribution in [1.82, 2.24) is 5.32 Å². The smallest absolute Gasteiger partial charge is 0.219 e. The zero-order chi connectivity index (χ0) is 10.6. The molecular formula is C11H26N2O. The van der Waals surface area contributed by atoms with Crippen LogP contribution in [0.1, 0.15) is 52.8 Å². The molecule has 0 heterocycles. The second-order valence-electron chi connectivity index (χ2n) is 3.69. The molecule has 3 N–H and O–H groups in total. The molecule has 0 aromatic rings. The van der Waals surface area contributed by atoms with E-state index in [0.29, 0.717) is 13.0 Å². The summed E-state index contributed by atoms with van der Waals surface area (Å²) < 4.78 is 0. The second-order valence-corrected chi connectivity index (χ2v) is 3.69. The van der Waals surface area contributed by atoms with Crippen LogP contribution in [0.2, 0.25) is 0 Å². The Hall–Kier alpha value is -0.570. The van der Waals surface area contributed by atoms with Gasteiger partial charge in [-0.2, -0.15) is 0 Å². The van der Waals surface area contributed by atoms with Crippen molar-refractivity contribution in [2.45, 2.75) is 51.4 Å². The molecule has 1 fully saturated rings. The first-order valence-electron chi connectivity index (χ1n) is 5.72. The van der Waals surface area contributed by atoms with Crippen molar-refractivity contribution < 1.29 is 6.22 Å². The highest BCUT2D eigenvalue weighted by atomic mass is 16.1. The van der Waals surface area contributed by atoms with Crippen LogP contribution in [0.25, 0.3) is 0 Å². The molecule has 0 aromatic carbocycles. The Kier molecular flexibility index (Phi) is 10.1. The highest BCUT2D eigenvalue weighted by molar-refractivity contribution is 5.75. The third-order valence-electron chi connectivity index (χ3n) is 2.39. The predicted octanol–water partition coefficient (Wildman–Crippen LogP) is 2.06. The maximum Gasteiger partial charge on any atom is 0.219 e. The molecule has 3 nitrogen and oxygen atoms in total.